The highest BCUT2D eigenvalue weighted by Crippen LogP contribution is 2.65. The van der Waals surface area contributed by atoms with Crippen LogP contribution in [0.25, 0.3) is 27.4 Å². The fourth-order valence-corrected chi connectivity index (χ4v) is 6.65. The van der Waals surface area contributed by atoms with Gasteiger partial charge in [-0.15, -0.1) is 0 Å². The van der Waals surface area contributed by atoms with E-state index < -0.39 is 22.9 Å². The highest BCUT2D eigenvalue weighted by Gasteiger charge is 2.66. The minimum Gasteiger partial charge on any atom is -0.494 e. The van der Waals surface area contributed by atoms with Crippen LogP contribution < -0.4 is 10.4 Å². The SMILES string of the molecule is Cc1cc(=O)oc2cc(OCC[C@@]34CC(O)[C@@](C)(O3)c3c4c(O)n(-c4ccc(C#N)c5ccccc45)c3O)ccc12. The Bertz CT molecular complexity index is 2000. The van der Waals surface area contributed by atoms with E-state index >= 15 is 0 Å². The van der Waals surface area contributed by atoms with Gasteiger partial charge >= 0.3 is 5.63 Å². The topological polar surface area (TPSA) is 138 Å². The van der Waals surface area contributed by atoms with Crippen molar-refractivity contribution in [1.29, 1.82) is 5.26 Å². The van der Waals surface area contributed by atoms with E-state index in [4.69, 9.17) is 13.9 Å². The molecule has 41 heavy (non-hydrogen) atoms. The molecule has 1 unspecified atom stereocenters. The highest BCUT2D eigenvalue weighted by molar-refractivity contribution is 5.95. The lowest BCUT2D eigenvalue weighted by Crippen LogP contribution is -2.33. The number of nitrogens with zero attached hydrogens (tertiary/aromatic N) is 2. The minimum absolute atomic E-state index is 0.162. The molecule has 0 aliphatic carbocycles. The van der Waals surface area contributed by atoms with E-state index in [1.807, 2.05) is 37.3 Å². The number of nitriles is 1. The Balaban J connectivity index is 1.27. The first kappa shape index (κ1) is 25.2. The maximum absolute atomic E-state index is 11.8. The van der Waals surface area contributed by atoms with Crippen molar-refractivity contribution in [2.75, 3.05) is 6.61 Å². The lowest BCUT2D eigenvalue weighted by atomic mass is 9.76. The first-order chi connectivity index (χ1) is 19.7. The molecule has 1 fully saturated rings. The van der Waals surface area contributed by atoms with E-state index in [9.17, 15) is 25.4 Å². The molecule has 2 aliphatic rings. The number of rotatable bonds is 5. The van der Waals surface area contributed by atoms with Gasteiger partial charge in [0.1, 0.15) is 22.5 Å². The second-order valence-corrected chi connectivity index (χ2v) is 11.0. The summed E-state index contributed by atoms with van der Waals surface area (Å²) in [6, 6.07) is 19.5. The number of benzene rings is 3. The second kappa shape index (κ2) is 8.61. The van der Waals surface area contributed by atoms with Crippen molar-refractivity contribution >= 4 is 21.7 Å². The molecule has 3 aromatic carbocycles. The highest BCUT2D eigenvalue weighted by atomic mass is 16.6. The van der Waals surface area contributed by atoms with Crippen LogP contribution in [-0.2, 0) is 15.9 Å². The molecule has 4 heterocycles. The molecule has 0 radical (unpaired) electrons. The van der Waals surface area contributed by atoms with E-state index in [-0.39, 0.29) is 31.2 Å². The van der Waals surface area contributed by atoms with Crippen LogP contribution >= 0.6 is 0 Å². The largest absolute Gasteiger partial charge is 0.494 e. The zero-order valence-corrected chi connectivity index (χ0v) is 22.3. The number of ether oxygens (including phenoxy) is 2. The monoisotopic (exact) mass is 550 g/mol. The first-order valence-corrected chi connectivity index (χ1v) is 13.3. The third kappa shape index (κ3) is 3.44. The lowest BCUT2D eigenvalue weighted by Gasteiger charge is -2.26. The molecule has 3 N–H and O–H groups in total. The zero-order chi connectivity index (χ0) is 28.7. The molecular formula is C32H26N2O7. The summed E-state index contributed by atoms with van der Waals surface area (Å²) in [5.41, 5.74) is 0.169. The van der Waals surface area contributed by atoms with Gasteiger partial charge in [0, 0.05) is 41.1 Å². The van der Waals surface area contributed by atoms with Crippen molar-refractivity contribution < 1.29 is 29.2 Å². The van der Waals surface area contributed by atoms with Crippen LogP contribution in [0.3, 0.4) is 0 Å². The van der Waals surface area contributed by atoms with Crippen molar-refractivity contribution in [3.63, 3.8) is 0 Å². The standard InChI is InChI=1S/C32H26N2O7/c1-17-13-26(36)40-24-14-19(8-9-20(17)24)39-12-11-32-15-25(35)31(2,41-32)27-28(32)30(38)34(29(27)37)23-10-7-18(16-33)21-5-3-4-6-22(21)23/h3-10,13-14,25,35,37-38H,11-12,15H2,1-2H3/t25?,31-,32+/m1/s1. The third-order valence-electron chi connectivity index (χ3n) is 8.60. The molecule has 2 bridgehead atoms. The van der Waals surface area contributed by atoms with E-state index in [1.54, 1.807) is 31.2 Å². The van der Waals surface area contributed by atoms with Crippen molar-refractivity contribution in [2.45, 2.75) is 44.0 Å². The van der Waals surface area contributed by atoms with Crippen molar-refractivity contribution in [3.8, 4) is 29.3 Å². The molecule has 2 aromatic heterocycles. The van der Waals surface area contributed by atoms with E-state index in [1.165, 1.54) is 10.6 Å². The Kier molecular flexibility index (Phi) is 5.29. The molecule has 3 atom stereocenters. The average molecular weight is 551 g/mol. The van der Waals surface area contributed by atoms with Gasteiger partial charge in [-0.05, 0) is 43.7 Å². The second-order valence-electron chi connectivity index (χ2n) is 11.0. The van der Waals surface area contributed by atoms with Gasteiger partial charge in [-0.25, -0.2) is 4.79 Å². The summed E-state index contributed by atoms with van der Waals surface area (Å²) in [5.74, 6) is 0.0816. The Morgan fingerprint density at radius 3 is 2.59 bits per heavy atom. The van der Waals surface area contributed by atoms with Gasteiger partial charge < -0.3 is 29.2 Å². The van der Waals surface area contributed by atoms with Gasteiger partial charge in [0.15, 0.2) is 0 Å². The quantitative estimate of drug-likeness (QED) is 0.260. The first-order valence-electron chi connectivity index (χ1n) is 13.3. The number of aliphatic hydroxyl groups is 1. The maximum atomic E-state index is 11.8. The summed E-state index contributed by atoms with van der Waals surface area (Å²) in [6.45, 7) is 3.71. The number of aromatic hydroxyl groups is 2. The molecule has 9 heteroatoms. The summed E-state index contributed by atoms with van der Waals surface area (Å²) in [5, 5.41) is 46.0. The molecule has 5 aromatic rings. The number of aromatic nitrogens is 1. The van der Waals surface area contributed by atoms with Crippen LogP contribution in [0.5, 0.6) is 17.5 Å². The number of aliphatic hydroxyl groups excluding tert-OH is 1. The average Bonchev–Trinajstić information content (AvgIpc) is 3.48. The van der Waals surface area contributed by atoms with Gasteiger partial charge in [-0.2, -0.15) is 5.26 Å². The Hall–Kier alpha value is -4.78. The molecule has 2 aliphatic heterocycles. The van der Waals surface area contributed by atoms with Gasteiger partial charge in [-0.3, -0.25) is 4.57 Å². The summed E-state index contributed by atoms with van der Waals surface area (Å²) < 4.78 is 19.1. The predicted octanol–water partition coefficient (Wildman–Crippen LogP) is 5.00. The van der Waals surface area contributed by atoms with E-state index in [2.05, 4.69) is 6.07 Å². The Morgan fingerprint density at radius 2 is 1.80 bits per heavy atom. The van der Waals surface area contributed by atoms with Gasteiger partial charge in [0.05, 0.1) is 41.2 Å². The lowest BCUT2D eigenvalue weighted by molar-refractivity contribution is -0.107. The number of hydrogen-bond acceptors (Lipinski definition) is 8. The zero-order valence-electron chi connectivity index (χ0n) is 22.3. The molecule has 7 rings (SSSR count). The van der Waals surface area contributed by atoms with Gasteiger partial charge in [0.2, 0.25) is 11.8 Å². The van der Waals surface area contributed by atoms with Crippen LogP contribution in [0.1, 0.15) is 42.0 Å². The van der Waals surface area contributed by atoms with Gasteiger partial charge in [0.25, 0.3) is 0 Å². The van der Waals surface area contributed by atoms with Crippen LogP contribution in [0.2, 0.25) is 0 Å². The molecule has 0 spiro atoms. The smallest absolute Gasteiger partial charge is 0.336 e. The fraction of sp³-hybridized carbons (Fsp3) is 0.250. The molecule has 1 saturated heterocycles. The van der Waals surface area contributed by atoms with E-state index in [0.29, 0.717) is 44.5 Å². The Labute approximate surface area is 234 Å². The molecule has 9 nitrogen and oxygen atoms in total. The van der Waals surface area contributed by atoms with E-state index in [0.717, 1.165) is 10.9 Å². The fourth-order valence-electron chi connectivity index (χ4n) is 6.65. The van der Waals surface area contributed by atoms with Crippen LogP contribution in [0, 0.1) is 18.3 Å². The number of hydrogen-bond donors (Lipinski definition) is 3. The van der Waals surface area contributed by atoms with Crippen molar-refractivity contribution in [1.82, 2.24) is 4.57 Å². The third-order valence-corrected chi connectivity index (χ3v) is 8.60. The minimum atomic E-state index is -1.24. The van der Waals surface area contributed by atoms with Crippen molar-refractivity contribution in [2.24, 2.45) is 0 Å². The summed E-state index contributed by atoms with van der Waals surface area (Å²) in [7, 11) is 0. The van der Waals surface area contributed by atoms with Crippen LogP contribution in [0.4, 0.5) is 0 Å². The molecule has 0 saturated carbocycles. The molecular weight excluding hydrogens is 524 g/mol. The summed E-state index contributed by atoms with van der Waals surface area (Å²) >= 11 is 0. The van der Waals surface area contributed by atoms with Crippen molar-refractivity contribution in [3.05, 3.63) is 93.3 Å². The number of aryl methyl sites for hydroxylation is 1. The predicted molar refractivity (Wildman–Crippen MR) is 149 cm³/mol. The van der Waals surface area contributed by atoms with Crippen LogP contribution in [0.15, 0.2) is 69.9 Å². The Morgan fingerprint density at radius 1 is 1.05 bits per heavy atom. The molecule has 206 valence electrons. The van der Waals surface area contributed by atoms with Crippen LogP contribution in [-0.4, -0.2) is 32.6 Å². The normalized spacial score (nSPS) is 22.7. The molecule has 0 amide bonds. The van der Waals surface area contributed by atoms with Gasteiger partial charge in [-0.1, -0.05) is 24.3 Å². The summed E-state index contributed by atoms with van der Waals surface area (Å²) in [6.07, 6.45) is -0.448. The summed E-state index contributed by atoms with van der Waals surface area (Å²) in [4.78, 5) is 11.8. The number of fused-ring (bicyclic) bond motifs is 7. The maximum Gasteiger partial charge on any atom is 0.336 e.